The maximum atomic E-state index is 12.5. The van der Waals surface area contributed by atoms with Gasteiger partial charge in [0.05, 0.1) is 19.2 Å². The number of allylic oxidation sites excluding steroid dienone is 2. The second-order valence-electron chi connectivity index (χ2n) is 6.21. The summed E-state index contributed by atoms with van der Waals surface area (Å²) in [5.74, 6) is -2.40. The number of methoxy groups -OCH3 is 1. The number of carbonyl (C=O) groups excluding carboxylic acids is 4. The average molecular weight is 334 g/mol. The predicted octanol–water partition coefficient (Wildman–Crippen LogP) is -0.645. The highest BCUT2D eigenvalue weighted by atomic mass is 16.5. The largest absolute Gasteiger partial charge is 0.507 e. The molecule has 1 N–H and O–H groups in total. The average Bonchev–Trinajstić information content (AvgIpc) is 2.55. The van der Waals surface area contributed by atoms with Crippen LogP contribution < -0.4 is 0 Å². The number of rotatable bonds is 2. The number of aliphatic hydroxyl groups is 1. The molecule has 8 nitrogen and oxygen atoms in total. The van der Waals surface area contributed by atoms with Crippen LogP contribution in [0.3, 0.4) is 0 Å². The van der Waals surface area contributed by atoms with Gasteiger partial charge in [0, 0.05) is 37.3 Å². The van der Waals surface area contributed by atoms with Gasteiger partial charge in [0.2, 0.25) is 23.4 Å². The molecule has 0 aromatic rings. The van der Waals surface area contributed by atoms with Crippen LogP contribution in [0.4, 0.5) is 0 Å². The third kappa shape index (κ3) is 2.10. The third-order valence-electron chi connectivity index (χ3n) is 4.81. The summed E-state index contributed by atoms with van der Waals surface area (Å²) >= 11 is 0. The second kappa shape index (κ2) is 5.55. The van der Waals surface area contributed by atoms with Crippen LogP contribution in [0.5, 0.6) is 0 Å². The van der Waals surface area contributed by atoms with E-state index < -0.39 is 23.7 Å². The Bertz CT molecular complexity index is 735. The lowest BCUT2D eigenvalue weighted by atomic mass is 9.78. The zero-order valence-electron chi connectivity index (χ0n) is 13.7. The first-order valence-corrected chi connectivity index (χ1v) is 7.57. The van der Waals surface area contributed by atoms with Crippen LogP contribution in [0.1, 0.15) is 13.3 Å². The summed E-state index contributed by atoms with van der Waals surface area (Å²) < 4.78 is 5.12. The molecule has 2 atom stereocenters. The fourth-order valence-corrected chi connectivity index (χ4v) is 3.59. The van der Waals surface area contributed by atoms with Crippen molar-refractivity contribution in [2.24, 2.45) is 0 Å². The van der Waals surface area contributed by atoms with E-state index in [0.717, 1.165) is 0 Å². The van der Waals surface area contributed by atoms with Crippen LogP contribution in [-0.4, -0.2) is 77.7 Å². The van der Waals surface area contributed by atoms with Gasteiger partial charge in [0.15, 0.2) is 0 Å². The topological polar surface area (TPSA) is 104 Å². The molecule has 0 bridgehead atoms. The van der Waals surface area contributed by atoms with Crippen LogP contribution in [0.15, 0.2) is 22.5 Å². The van der Waals surface area contributed by atoms with E-state index in [1.165, 1.54) is 30.9 Å². The summed E-state index contributed by atoms with van der Waals surface area (Å²) in [5.41, 5.74) is 0.287. The molecule has 128 valence electrons. The first-order chi connectivity index (χ1) is 11.3. The lowest BCUT2D eigenvalue weighted by Crippen LogP contribution is -2.65. The van der Waals surface area contributed by atoms with Gasteiger partial charge in [-0.3, -0.25) is 19.2 Å². The minimum absolute atomic E-state index is 0.00660. The molecule has 0 spiro atoms. The number of carbonyl (C=O) groups is 4. The highest BCUT2D eigenvalue weighted by Crippen LogP contribution is 2.38. The van der Waals surface area contributed by atoms with Crippen LogP contribution in [0.25, 0.3) is 0 Å². The van der Waals surface area contributed by atoms with Crippen molar-refractivity contribution in [1.29, 1.82) is 0 Å². The number of hydrogen-bond acceptors (Lipinski definition) is 6. The molecule has 2 amide bonds. The van der Waals surface area contributed by atoms with Gasteiger partial charge in [-0.2, -0.15) is 0 Å². The normalized spacial score (nSPS) is 27.8. The number of amides is 2. The van der Waals surface area contributed by atoms with E-state index in [2.05, 4.69) is 0 Å². The molecule has 0 aromatic heterocycles. The van der Waals surface area contributed by atoms with Crippen LogP contribution >= 0.6 is 0 Å². The number of ketones is 2. The quantitative estimate of drug-likeness (QED) is 0.532. The Morgan fingerprint density at radius 3 is 2.50 bits per heavy atom. The van der Waals surface area contributed by atoms with E-state index in [-0.39, 0.29) is 53.9 Å². The van der Waals surface area contributed by atoms with Gasteiger partial charge in [-0.25, -0.2) is 0 Å². The van der Waals surface area contributed by atoms with E-state index in [4.69, 9.17) is 4.74 Å². The molecule has 0 aromatic carbocycles. The number of fused-ring (bicyclic) bond motifs is 1. The van der Waals surface area contributed by atoms with Gasteiger partial charge in [-0.15, -0.1) is 0 Å². The SMILES string of the molecule is COC[C@@H]1C2=C(C[C@H]3C(=O)N(C)CC(=O)N13)C(O)=C(C)C(=O)C2=O. The number of Topliss-reactive ketones (excluding diaryl/α,β-unsaturated/α-hetero) is 2. The predicted molar refractivity (Wildman–Crippen MR) is 80.9 cm³/mol. The highest BCUT2D eigenvalue weighted by molar-refractivity contribution is 6.50. The van der Waals surface area contributed by atoms with Gasteiger partial charge >= 0.3 is 0 Å². The molecular weight excluding hydrogens is 316 g/mol. The molecule has 1 aliphatic carbocycles. The number of ether oxygens (including phenoxy) is 1. The number of aliphatic hydroxyl groups excluding tert-OH is 1. The lowest BCUT2D eigenvalue weighted by molar-refractivity contribution is -0.158. The Morgan fingerprint density at radius 2 is 1.88 bits per heavy atom. The summed E-state index contributed by atoms with van der Waals surface area (Å²) in [5, 5.41) is 10.3. The van der Waals surface area contributed by atoms with Crippen LogP contribution in [-0.2, 0) is 23.9 Å². The van der Waals surface area contributed by atoms with Crippen LogP contribution in [0.2, 0.25) is 0 Å². The van der Waals surface area contributed by atoms with E-state index in [1.54, 1.807) is 0 Å². The molecule has 2 aliphatic heterocycles. The standard InChI is InChI=1S/C16H18N2O6/c1-7-13(20)8-4-9-16(23)17(2)5-11(19)18(9)10(6-24-3)12(8)15(22)14(7)21/h9-10,20H,4-6H2,1-3H3/t9-,10+/m0/s1. The number of hydrogen-bond donors (Lipinski definition) is 1. The smallest absolute Gasteiger partial charge is 0.245 e. The summed E-state index contributed by atoms with van der Waals surface area (Å²) in [6.07, 6.45) is 0.00660. The summed E-state index contributed by atoms with van der Waals surface area (Å²) in [6.45, 7) is 1.24. The molecule has 3 aliphatic rings. The Balaban J connectivity index is 2.19. The first kappa shape index (κ1) is 16.4. The Hall–Kier alpha value is -2.48. The van der Waals surface area contributed by atoms with E-state index >= 15 is 0 Å². The number of nitrogens with zero attached hydrogens (tertiary/aromatic N) is 2. The molecule has 0 radical (unpaired) electrons. The minimum Gasteiger partial charge on any atom is -0.507 e. The molecule has 24 heavy (non-hydrogen) atoms. The molecule has 3 rings (SSSR count). The van der Waals surface area contributed by atoms with Gasteiger partial charge in [0.1, 0.15) is 11.8 Å². The van der Waals surface area contributed by atoms with Crippen molar-refractivity contribution in [1.82, 2.24) is 9.80 Å². The summed E-state index contributed by atoms with van der Waals surface area (Å²) in [4.78, 5) is 52.2. The molecular formula is C16H18N2O6. The monoisotopic (exact) mass is 334 g/mol. The molecule has 0 unspecified atom stereocenters. The third-order valence-corrected chi connectivity index (χ3v) is 4.81. The molecule has 1 saturated heterocycles. The molecule has 1 fully saturated rings. The van der Waals surface area contributed by atoms with Crippen molar-refractivity contribution in [3.8, 4) is 0 Å². The van der Waals surface area contributed by atoms with Crippen molar-refractivity contribution < 1.29 is 29.0 Å². The fraction of sp³-hybridized carbons (Fsp3) is 0.500. The maximum absolute atomic E-state index is 12.5. The first-order valence-electron chi connectivity index (χ1n) is 7.57. The van der Waals surface area contributed by atoms with Gasteiger partial charge < -0.3 is 19.6 Å². The van der Waals surface area contributed by atoms with Crippen molar-refractivity contribution in [3.05, 3.63) is 22.5 Å². The molecule has 0 saturated carbocycles. The lowest BCUT2D eigenvalue weighted by Gasteiger charge is -2.47. The van der Waals surface area contributed by atoms with Gasteiger partial charge in [-0.05, 0) is 6.92 Å². The fourth-order valence-electron chi connectivity index (χ4n) is 3.59. The van der Waals surface area contributed by atoms with Crippen LogP contribution in [0, 0.1) is 0 Å². The zero-order chi connectivity index (χ0) is 17.8. The number of piperazine rings is 1. The summed E-state index contributed by atoms with van der Waals surface area (Å²) in [6, 6.07) is -1.67. The summed E-state index contributed by atoms with van der Waals surface area (Å²) in [7, 11) is 2.94. The molecule has 8 heteroatoms. The van der Waals surface area contributed by atoms with Crippen molar-refractivity contribution in [2.45, 2.75) is 25.4 Å². The minimum atomic E-state index is -0.861. The second-order valence-corrected chi connectivity index (χ2v) is 6.21. The van der Waals surface area contributed by atoms with E-state index in [0.29, 0.717) is 0 Å². The zero-order valence-corrected chi connectivity index (χ0v) is 13.7. The Kier molecular flexibility index (Phi) is 3.79. The maximum Gasteiger partial charge on any atom is 0.245 e. The Labute approximate surface area is 138 Å². The van der Waals surface area contributed by atoms with E-state index in [9.17, 15) is 24.3 Å². The van der Waals surface area contributed by atoms with E-state index in [1.807, 2.05) is 0 Å². The van der Waals surface area contributed by atoms with Gasteiger partial charge in [0.25, 0.3) is 0 Å². The Morgan fingerprint density at radius 1 is 1.21 bits per heavy atom. The number of likely N-dealkylation sites (N-methyl/N-ethyl adjacent to an activating group) is 1. The molecule has 2 heterocycles. The van der Waals surface area contributed by atoms with Crippen molar-refractivity contribution in [3.63, 3.8) is 0 Å². The highest BCUT2D eigenvalue weighted by Gasteiger charge is 2.51. The van der Waals surface area contributed by atoms with Gasteiger partial charge in [-0.1, -0.05) is 0 Å². The van der Waals surface area contributed by atoms with Crippen molar-refractivity contribution in [2.75, 3.05) is 27.3 Å². The van der Waals surface area contributed by atoms with Crippen molar-refractivity contribution >= 4 is 23.4 Å².